The van der Waals surface area contributed by atoms with Gasteiger partial charge in [-0.3, -0.25) is 10.1 Å². The Morgan fingerprint density at radius 2 is 2.41 bits per heavy atom. The molecule has 2 aromatic rings. The van der Waals surface area contributed by atoms with E-state index in [4.69, 9.17) is 10.5 Å². The van der Waals surface area contributed by atoms with Crippen molar-refractivity contribution in [3.63, 3.8) is 0 Å². The summed E-state index contributed by atoms with van der Waals surface area (Å²) in [6, 6.07) is 6.09. The summed E-state index contributed by atoms with van der Waals surface area (Å²) in [5.74, 6) is 0.515. The number of urea groups is 1. The van der Waals surface area contributed by atoms with E-state index in [1.807, 2.05) is 0 Å². The smallest absolute Gasteiger partial charge is 0.332 e. The number of aromatic nitrogens is 2. The number of hydrazone groups is 1. The Balaban J connectivity index is 1.96. The van der Waals surface area contributed by atoms with Gasteiger partial charge in [0.2, 0.25) is 0 Å². The molecule has 0 bridgehead atoms. The third kappa shape index (κ3) is 4.30. The third-order valence-corrected chi connectivity index (χ3v) is 2.44. The Morgan fingerprint density at radius 1 is 1.59 bits per heavy atom. The largest absolute Gasteiger partial charge is 0.471 e. The van der Waals surface area contributed by atoms with Gasteiger partial charge in [0, 0.05) is 0 Å². The standard InChI is InChI=1S/C12H12N6O4/c13-12(19)16-14-5-9-2-1-3-11(4-9)22-8-17-7-10(6-15-17)18(20)21/h1-7H,8H2,(H3,13,16,19). The van der Waals surface area contributed by atoms with Crippen LogP contribution in [0.4, 0.5) is 10.5 Å². The lowest BCUT2D eigenvalue weighted by Gasteiger charge is -2.06. The molecule has 3 N–H and O–H groups in total. The van der Waals surface area contributed by atoms with Crippen molar-refractivity contribution in [1.82, 2.24) is 15.2 Å². The van der Waals surface area contributed by atoms with Gasteiger partial charge in [0.05, 0.1) is 11.1 Å². The van der Waals surface area contributed by atoms with Crippen LogP contribution in [0, 0.1) is 10.1 Å². The summed E-state index contributed by atoms with van der Waals surface area (Å²) < 4.78 is 6.76. The van der Waals surface area contributed by atoms with Crippen LogP contribution >= 0.6 is 0 Å². The number of hydrogen-bond acceptors (Lipinski definition) is 6. The maximum atomic E-state index is 10.5. The zero-order valence-corrected chi connectivity index (χ0v) is 11.2. The van der Waals surface area contributed by atoms with Crippen molar-refractivity contribution in [2.45, 2.75) is 6.73 Å². The van der Waals surface area contributed by atoms with E-state index in [2.05, 4.69) is 15.6 Å². The SMILES string of the molecule is NC(=O)NN=Cc1cccc(OCn2cc([N+](=O)[O-])cn2)c1. The molecule has 114 valence electrons. The Hall–Kier alpha value is -3.43. The van der Waals surface area contributed by atoms with Crippen molar-refractivity contribution in [1.29, 1.82) is 0 Å². The van der Waals surface area contributed by atoms with Crippen molar-refractivity contribution in [2.75, 3.05) is 0 Å². The monoisotopic (exact) mass is 304 g/mol. The zero-order chi connectivity index (χ0) is 15.9. The number of nitrogens with two attached hydrogens (primary N) is 1. The van der Waals surface area contributed by atoms with Crippen molar-refractivity contribution in [3.8, 4) is 5.75 Å². The van der Waals surface area contributed by atoms with Crippen LogP contribution in [0.25, 0.3) is 0 Å². The number of carbonyl (C=O) groups is 1. The molecule has 0 radical (unpaired) electrons. The van der Waals surface area contributed by atoms with E-state index < -0.39 is 11.0 Å². The summed E-state index contributed by atoms with van der Waals surface area (Å²) in [7, 11) is 0. The highest BCUT2D eigenvalue weighted by molar-refractivity contribution is 5.81. The number of benzene rings is 1. The van der Waals surface area contributed by atoms with Gasteiger partial charge in [0.1, 0.15) is 18.1 Å². The number of rotatable bonds is 6. The summed E-state index contributed by atoms with van der Waals surface area (Å²) in [4.78, 5) is 20.5. The third-order valence-electron chi connectivity index (χ3n) is 2.44. The molecule has 10 heteroatoms. The Bertz CT molecular complexity index is 711. The molecule has 0 aliphatic carbocycles. The fraction of sp³-hybridized carbons (Fsp3) is 0.0833. The average Bonchev–Trinajstić information content (AvgIpc) is 2.94. The minimum atomic E-state index is -0.760. The van der Waals surface area contributed by atoms with Crippen molar-refractivity contribution in [3.05, 3.63) is 52.3 Å². The number of primary amides is 1. The van der Waals surface area contributed by atoms with E-state index in [9.17, 15) is 14.9 Å². The van der Waals surface area contributed by atoms with Crippen LogP contribution in [0.2, 0.25) is 0 Å². The molecule has 1 aromatic heterocycles. The topological polar surface area (TPSA) is 138 Å². The highest BCUT2D eigenvalue weighted by Gasteiger charge is 2.08. The number of hydrogen-bond donors (Lipinski definition) is 2. The molecule has 1 aromatic carbocycles. The maximum Gasteiger partial charge on any atom is 0.332 e. The molecule has 0 unspecified atom stereocenters. The van der Waals surface area contributed by atoms with E-state index in [1.165, 1.54) is 17.1 Å². The number of ether oxygens (including phenoxy) is 1. The predicted molar refractivity (Wildman–Crippen MR) is 76.3 cm³/mol. The molecule has 0 atom stereocenters. The van der Waals surface area contributed by atoms with Crippen molar-refractivity contribution >= 4 is 17.9 Å². The molecule has 0 aliphatic rings. The van der Waals surface area contributed by atoms with Gasteiger partial charge in [-0.25, -0.2) is 14.9 Å². The molecule has 10 nitrogen and oxygen atoms in total. The van der Waals surface area contributed by atoms with Crippen molar-refractivity contribution < 1.29 is 14.5 Å². The number of carbonyl (C=O) groups excluding carboxylic acids is 1. The Kier molecular flexibility index (Phi) is 4.65. The number of amides is 2. The van der Waals surface area contributed by atoms with E-state index in [0.29, 0.717) is 11.3 Å². The fourth-order valence-corrected chi connectivity index (χ4v) is 1.51. The quantitative estimate of drug-likeness (QED) is 0.462. The molecule has 0 saturated heterocycles. The molecule has 0 spiro atoms. The lowest BCUT2D eigenvalue weighted by molar-refractivity contribution is -0.385. The molecular weight excluding hydrogens is 292 g/mol. The molecule has 0 aliphatic heterocycles. The van der Waals surface area contributed by atoms with Gasteiger partial charge in [0.15, 0.2) is 6.73 Å². The summed E-state index contributed by atoms with van der Waals surface area (Å²) in [6.45, 7) is 0.0218. The highest BCUT2D eigenvalue weighted by atomic mass is 16.6. The second-order valence-electron chi connectivity index (χ2n) is 4.08. The van der Waals surface area contributed by atoms with Crippen molar-refractivity contribution in [2.24, 2.45) is 10.8 Å². The van der Waals surface area contributed by atoms with E-state index in [1.54, 1.807) is 24.3 Å². The number of nitrogens with zero attached hydrogens (tertiary/aromatic N) is 4. The highest BCUT2D eigenvalue weighted by Crippen LogP contribution is 2.13. The van der Waals surface area contributed by atoms with Gasteiger partial charge in [0.25, 0.3) is 0 Å². The van der Waals surface area contributed by atoms with Crippen LogP contribution in [-0.4, -0.2) is 26.9 Å². The minimum Gasteiger partial charge on any atom is -0.471 e. The molecule has 2 amide bonds. The van der Waals surface area contributed by atoms with Crippen LogP contribution in [-0.2, 0) is 6.73 Å². The first-order valence-electron chi connectivity index (χ1n) is 6.03. The second-order valence-corrected chi connectivity index (χ2v) is 4.08. The lowest BCUT2D eigenvalue weighted by atomic mass is 10.2. The Morgan fingerprint density at radius 3 is 3.09 bits per heavy atom. The van der Waals surface area contributed by atoms with Gasteiger partial charge in [-0.2, -0.15) is 10.2 Å². The van der Waals surface area contributed by atoms with Gasteiger partial charge in [-0.15, -0.1) is 0 Å². The lowest BCUT2D eigenvalue weighted by Crippen LogP contribution is -2.24. The molecule has 0 saturated carbocycles. The number of nitrogens with one attached hydrogen (secondary N) is 1. The molecule has 22 heavy (non-hydrogen) atoms. The second kappa shape index (κ2) is 6.83. The van der Waals surface area contributed by atoms with E-state index in [-0.39, 0.29) is 12.4 Å². The van der Waals surface area contributed by atoms with Crippen LogP contribution < -0.4 is 15.9 Å². The van der Waals surface area contributed by atoms with Crippen LogP contribution in [0.1, 0.15) is 5.56 Å². The van der Waals surface area contributed by atoms with Gasteiger partial charge in [-0.05, 0) is 17.7 Å². The van der Waals surface area contributed by atoms with Crippen LogP contribution in [0.15, 0.2) is 41.8 Å². The maximum absolute atomic E-state index is 10.5. The molecule has 2 rings (SSSR count). The Labute approximate surface area is 124 Å². The summed E-state index contributed by atoms with van der Waals surface area (Å²) in [5.41, 5.74) is 7.52. The summed E-state index contributed by atoms with van der Waals surface area (Å²) >= 11 is 0. The summed E-state index contributed by atoms with van der Waals surface area (Å²) in [5, 5.41) is 18.0. The average molecular weight is 304 g/mol. The first kappa shape index (κ1) is 15.0. The van der Waals surface area contributed by atoms with E-state index in [0.717, 1.165) is 6.20 Å². The van der Waals surface area contributed by atoms with Crippen LogP contribution in [0.3, 0.4) is 0 Å². The first-order chi connectivity index (χ1) is 10.5. The zero-order valence-electron chi connectivity index (χ0n) is 11.2. The van der Waals surface area contributed by atoms with Gasteiger partial charge >= 0.3 is 11.7 Å². The van der Waals surface area contributed by atoms with Gasteiger partial charge in [-0.1, -0.05) is 12.1 Å². The molecule has 1 heterocycles. The number of nitro groups is 1. The van der Waals surface area contributed by atoms with Crippen LogP contribution in [0.5, 0.6) is 5.75 Å². The molecular formula is C12H12N6O4. The van der Waals surface area contributed by atoms with E-state index >= 15 is 0 Å². The molecule has 0 fully saturated rings. The fourth-order valence-electron chi connectivity index (χ4n) is 1.51. The first-order valence-corrected chi connectivity index (χ1v) is 6.03. The predicted octanol–water partition coefficient (Wildman–Crippen LogP) is 0.830. The van der Waals surface area contributed by atoms with Gasteiger partial charge < -0.3 is 10.5 Å². The minimum absolute atomic E-state index is 0.0218. The normalized spacial score (nSPS) is 10.5. The summed E-state index contributed by atoms with van der Waals surface area (Å²) in [6.07, 6.45) is 3.81.